The van der Waals surface area contributed by atoms with Crippen LogP contribution in [0, 0.1) is 19.7 Å². The van der Waals surface area contributed by atoms with Crippen molar-refractivity contribution >= 4 is 17.8 Å². The van der Waals surface area contributed by atoms with Crippen LogP contribution in [0.5, 0.6) is 0 Å². The fourth-order valence-electron chi connectivity index (χ4n) is 3.49. The molecule has 0 aliphatic carbocycles. The van der Waals surface area contributed by atoms with Crippen LogP contribution < -0.4 is 0 Å². The Labute approximate surface area is 152 Å². The Balaban J connectivity index is 2.11. The number of carboxylic acids is 1. The molecule has 142 valence electrons. The van der Waals surface area contributed by atoms with Gasteiger partial charge in [-0.2, -0.15) is 0 Å². The highest BCUT2D eigenvalue weighted by Gasteiger charge is 2.28. The van der Waals surface area contributed by atoms with Crippen LogP contribution in [0.3, 0.4) is 0 Å². The van der Waals surface area contributed by atoms with E-state index in [0.29, 0.717) is 49.0 Å². The molecule has 1 unspecified atom stereocenters. The van der Waals surface area contributed by atoms with E-state index >= 15 is 0 Å². The molecule has 1 fully saturated rings. The van der Waals surface area contributed by atoms with Crippen molar-refractivity contribution in [1.29, 1.82) is 0 Å². The molecular formula is C19H25FN2O4. The van der Waals surface area contributed by atoms with Crippen molar-refractivity contribution in [2.75, 3.05) is 19.6 Å². The van der Waals surface area contributed by atoms with E-state index in [1.54, 1.807) is 30.9 Å². The van der Waals surface area contributed by atoms with Gasteiger partial charge in [-0.15, -0.1) is 0 Å². The number of carboxylic acid groups (broad SMARTS) is 1. The Morgan fingerprint density at radius 2 is 1.81 bits per heavy atom. The van der Waals surface area contributed by atoms with Crippen molar-refractivity contribution in [2.24, 2.45) is 0 Å². The number of rotatable bonds is 4. The molecule has 1 N–H and O–H groups in total. The topological polar surface area (TPSA) is 77.9 Å². The maximum atomic E-state index is 13.8. The molecule has 1 aromatic rings. The van der Waals surface area contributed by atoms with Gasteiger partial charge in [-0.05, 0) is 56.4 Å². The molecule has 1 heterocycles. The molecule has 7 heteroatoms. The second-order valence-electron chi connectivity index (χ2n) is 6.84. The van der Waals surface area contributed by atoms with Gasteiger partial charge in [0.2, 0.25) is 5.91 Å². The van der Waals surface area contributed by atoms with Crippen molar-refractivity contribution in [3.63, 3.8) is 0 Å². The third-order valence-corrected chi connectivity index (χ3v) is 4.82. The van der Waals surface area contributed by atoms with Crippen LogP contribution in [0.4, 0.5) is 4.39 Å². The van der Waals surface area contributed by atoms with Crippen molar-refractivity contribution in [2.45, 2.75) is 46.1 Å². The monoisotopic (exact) mass is 364 g/mol. The van der Waals surface area contributed by atoms with Gasteiger partial charge in [0.15, 0.2) is 0 Å². The van der Waals surface area contributed by atoms with Gasteiger partial charge in [0.1, 0.15) is 12.4 Å². The number of hydrogen-bond donors (Lipinski definition) is 1. The molecule has 1 aliphatic rings. The Bertz CT molecular complexity index is 696. The molecule has 0 radical (unpaired) electrons. The first-order valence-corrected chi connectivity index (χ1v) is 8.75. The molecule has 1 aromatic carbocycles. The van der Waals surface area contributed by atoms with Crippen LogP contribution in [0.25, 0.3) is 0 Å². The molecule has 0 aromatic heterocycles. The standard InChI is InChI=1S/C19H25FN2O4/c1-12-9-15(10-13(2)18(12)20)19(26)21-7-4-5-16(6-8-21)22(14(3)23)11-17(24)25/h9-10,16H,4-8,11H2,1-3H3,(H,24,25). The van der Waals surface area contributed by atoms with E-state index in [9.17, 15) is 18.8 Å². The molecule has 1 saturated heterocycles. The Kier molecular flexibility index (Phi) is 6.34. The van der Waals surface area contributed by atoms with Crippen LogP contribution in [-0.4, -0.2) is 58.4 Å². The van der Waals surface area contributed by atoms with E-state index in [1.165, 1.54) is 11.8 Å². The number of hydrogen-bond acceptors (Lipinski definition) is 3. The average Bonchev–Trinajstić information content (AvgIpc) is 2.82. The lowest BCUT2D eigenvalue weighted by Crippen LogP contribution is -2.43. The lowest BCUT2D eigenvalue weighted by molar-refractivity contribution is -0.145. The van der Waals surface area contributed by atoms with E-state index in [4.69, 9.17) is 5.11 Å². The molecule has 2 amide bonds. The summed E-state index contributed by atoms with van der Waals surface area (Å²) in [5.74, 6) is -1.79. The number of likely N-dealkylation sites (tertiary alicyclic amines) is 1. The third-order valence-electron chi connectivity index (χ3n) is 4.82. The van der Waals surface area contributed by atoms with E-state index < -0.39 is 5.97 Å². The van der Waals surface area contributed by atoms with Gasteiger partial charge in [0, 0.05) is 31.6 Å². The molecule has 6 nitrogen and oxygen atoms in total. The summed E-state index contributed by atoms with van der Waals surface area (Å²) < 4.78 is 13.8. The normalized spacial score (nSPS) is 17.5. The minimum Gasteiger partial charge on any atom is -0.480 e. The van der Waals surface area contributed by atoms with E-state index in [1.807, 2.05) is 0 Å². The van der Waals surface area contributed by atoms with E-state index in [0.717, 1.165) is 0 Å². The molecule has 2 rings (SSSR count). The maximum Gasteiger partial charge on any atom is 0.323 e. The van der Waals surface area contributed by atoms with Crippen molar-refractivity contribution in [3.05, 3.63) is 34.6 Å². The number of halogens is 1. The largest absolute Gasteiger partial charge is 0.480 e. The van der Waals surface area contributed by atoms with Crippen LogP contribution >= 0.6 is 0 Å². The zero-order valence-electron chi connectivity index (χ0n) is 15.4. The van der Waals surface area contributed by atoms with Crippen LogP contribution in [-0.2, 0) is 9.59 Å². The van der Waals surface area contributed by atoms with Gasteiger partial charge in [-0.25, -0.2) is 4.39 Å². The summed E-state index contributed by atoms with van der Waals surface area (Å²) in [6.07, 6.45) is 1.86. The van der Waals surface area contributed by atoms with Gasteiger partial charge in [0.05, 0.1) is 0 Å². The molecule has 0 spiro atoms. The quantitative estimate of drug-likeness (QED) is 0.890. The highest BCUT2D eigenvalue weighted by molar-refractivity contribution is 5.94. The fourth-order valence-corrected chi connectivity index (χ4v) is 3.49. The lowest BCUT2D eigenvalue weighted by Gasteiger charge is -2.29. The molecule has 1 atom stereocenters. The number of nitrogens with zero attached hydrogens (tertiary/aromatic N) is 2. The highest BCUT2D eigenvalue weighted by Crippen LogP contribution is 2.21. The smallest absolute Gasteiger partial charge is 0.323 e. The number of aryl methyl sites for hydroxylation is 2. The highest BCUT2D eigenvalue weighted by atomic mass is 19.1. The molecule has 1 aliphatic heterocycles. The predicted octanol–water partition coefficient (Wildman–Crippen LogP) is 2.37. The number of carbonyl (C=O) groups is 3. The molecular weight excluding hydrogens is 339 g/mol. The molecule has 26 heavy (non-hydrogen) atoms. The summed E-state index contributed by atoms with van der Waals surface area (Å²) in [5.41, 5.74) is 1.32. The first kappa shape index (κ1) is 19.9. The Hall–Kier alpha value is -2.44. The lowest BCUT2D eigenvalue weighted by atomic mass is 10.1. The minimum absolute atomic E-state index is 0.163. The number of amides is 2. The van der Waals surface area contributed by atoms with Crippen molar-refractivity contribution < 1.29 is 23.9 Å². The Morgan fingerprint density at radius 3 is 2.35 bits per heavy atom. The first-order valence-electron chi connectivity index (χ1n) is 8.75. The van der Waals surface area contributed by atoms with Crippen LogP contribution in [0.1, 0.15) is 47.7 Å². The zero-order valence-corrected chi connectivity index (χ0v) is 15.4. The molecule has 0 bridgehead atoms. The first-order chi connectivity index (χ1) is 12.2. The number of carbonyl (C=O) groups excluding carboxylic acids is 2. The maximum absolute atomic E-state index is 13.8. The number of aliphatic carboxylic acids is 1. The van der Waals surface area contributed by atoms with Gasteiger partial charge >= 0.3 is 5.97 Å². The van der Waals surface area contributed by atoms with Gasteiger partial charge in [0.25, 0.3) is 5.91 Å². The van der Waals surface area contributed by atoms with Crippen LogP contribution in [0.2, 0.25) is 0 Å². The van der Waals surface area contributed by atoms with Crippen molar-refractivity contribution in [1.82, 2.24) is 9.80 Å². The van der Waals surface area contributed by atoms with E-state index in [-0.39, 0.29) is 30.2 Å². The zero-order chi connectivity index (χ0) is 19.4. The Morgan fingerprint density at radius 1 is 1.19 bits per heavy atom. The third kappa shape index (κ3) is 4.59. The predicted molar refractivity (Wildman–Crippen MR) is 94.4 cm³/mol. The summed E-state index contributed by atoms with van der Waals surface area (Å²) >= 11 is 0. The summed E-state index contributed by atoms with van der Waals surface area (Å²) in [5, 5.41) is 9.01. The van der Waals surface area contributed by atoms with Crippen LogP contribution in [0.15, 0.2) is 12.1 Å². The number of benzene rings is 1. The van der Waals surface area contributed by atoms with Gasteiger partial charge in [-0.1, -0.05) is 0 Å². The van der Waals surface area contributed by atoms with E-state index in [2.05, 4.69) is 0 Å². The second kappa shape index (κ2) is 8.29. The SMILES string of the molecule is CC(=O)N(CC(=O)O)C1CCCN(C(=O)c2cc(C)c(F)c(C)c2)CC1. The fraction of sp³-hybridized carbons (Fsp3) is 0.526. The average molecular weight is 364 g/mol. The molecule has 0 saturated carbocycles. The minimum atomic E-state index is -1.05. The summed E-state index contributed by atoms with van der Waals surface area (Å²) in [4.78, 5) is 38.6. The summed E-state index contributed by atoms with van der Waals surface area (Å²) in [6.45, 7) is 5.26. The van der Waals surface area contributed by atoms with Crippen molar-refractivity contribution in [3.8, 4) is 0 Å². The summed E-state index contributed by atoms with van der Waals surface area (Å²) in [7, 11) is 0. The van der Waals surface area contributed by atoms with Gasteiger partial charge in [-0.3, -0.25) is 14.4 Å². The summed E-state index contributed by atoms with van der Waals surface area (Å²) in [6, 6.07) is 2.91. The second-order valence-corrected chi connectivity index (χ2v) is 6.84. The van der Waals surface area contributed by atoms with Gasteiger partial charge < -0.3 is 14.9 Å².